The van der Waals surface area contributed by atoms with Gasteiger partial charge in [-0.2, -0.15) is 0 Å². The summed E-state index contributed by atoms with van der Waals surface area (Å²) >= 11 is 6.75. The fourth-order valence-electron chi connectivity index (χ4n) is 4.71. The van der Waals surface area contributed by atoms with Crippen molar-refractivity contribution in [1.29, 1.82) is 0 Å². The second-order valence-corrected chi connectivity index (χ2v) is 9.34. The Morgan fingerprint density at radius 2 is 1.97 bits per heavy atom. The van der Waals surface area contributed by atoms with Crippen molar-refractivity contribution < 1.29 is 32.2 Å². The van der Waals surface area contributed by atoms with Crippen LogP contribution in [0.3, 0.4) is 0 Å². The molecular formula is C27H32ClF4N3O3. The maximum atomic E-state index is 15.4. The van der Waals surface area contributed by atoms with E-state index in [1.807, 2.05) is 29.2 Å². The number of carboxylic acids is 1. The molecule has 4 rings (SSSR count). The second kappa shape index (κ2) is 14.4. The van der Waals surface area contributed by atoms with Crippen LogP contribution in [-0.4, -0.2) is 67.3 Å². The van der Waals surface area contributed by atoms with Gasteiger partial charge in [-0.1, -0.05) is 36.7 Å². The number of H-pyrrole nitrogens is 1. The van der Waals surface area contributed by atoms with Gasteiger partial charge in [0.25, 0.3) is 0 Å². The first kappa shape index (κ1) is 29.7. The van der Waals surface area contributed by atoms with Crippen molar-refractivity contribution in [2.24, 2.45) is 5.92 Å². The minimum atomic E-state index is -1.75. The Morgan fingerprint density at radius 3 is 2.68 bits per heavy atom. The summed E-state index contributed by atoms with van der Waals surface area (Å²) in [6.07, 6.45) is 1.14. The molecule has 2 heterocycles. The van der Waals surface area contributed by atoms with E-state index >= 15 is 4.39 Å². The van der Waals surface area contributed by atoms with Crippen LogP contribution in [0.4, 0.5) is 17.6 Å². The number of ether oxygens (including phenoxy) is 1. The molecule has 1 aromatic heterocycles. The quantitative estimate of drug-likeness (QED) is 0.204. The SMILES string of the molecule is CC(CN1CCc2c([nH]c3ccccc23)C1c1c(F)ccc(OCCNCCCF)c1Cl)C(=O)O.FCF. The van der Waals surface area contributed by atoms with Crippen LogP contribution in [0.5, 0.6) is 5.75 Å². The molecule has 0 spiro atoms. The third-order valence-electron chi connectivity index (χ3n) is 6.45. The number of aromatic nitrogens is 1. The fourth-order valence-corrected chi connectivity index (χ4v) is 5.02. The number of hydrogen-bond donors (Lipinski definition) is 3. The van der Waals surface area contributed by atoms with Crippen molar-refractivity contribution in [1.82, 2.24) is 15.2 Å². The standard InChI is InChI=1S/C26H30ClF2N3O3.CH2F2/c1-16(26(33)34)15-32-13-9-18-17-5-2-3-6-20(17)31-24(18)25(32)22-19(29)7-8-21(23(22)27)35-14-12-30-11-4-10-28;2-1-3/h2-3,5-8,16,25,30-31H,4,9-15H2,1H3,(H,33,34);1H2. The second-order valence-electron chi connectivity index (χ2n) is 8.96. The number of aliphatic carboxylic acids is 1. The Balaban J connectivity index is 0.00000127. The fraction of sp³-hybridized carbons (Fsp3) is 0.444. The summed E-state index contributed by atoms with van der Waals surface area (Å²) in [5.74, 6) is -1.67. The summed E-state index contributed by atoms with van der Waals surface area (Å²) in [6, 6.07) is 10.2. The number of rotatable bonds is 11. The molecule has 1 aliphatic heterocycles. The van der Waals surface area contributed by atoms with Crippen molar-refractivity contribution in [3.05, 3.63) is 64.1 Å². The lowest BCUT2D eigenvalue weighted by molar-refractivity contribution is -0.141. The van der Waals surface area contributed by atoms with E-state index in [2.05, 4.69) is 10.3 Å². The van der Waals surface area contributed by atoms with Gasteiger partial charge in [0.1, 0.15) is 18.2 Å². The molecule has 0 aliphatic carbocycles. The summed E-state index contributed by atoms with van der Waals surface area (Å²) < 4.78 is 52.7. The van der Waals surface area contributed by atoms with E-state index in [4.69, 9.17) is 16.3 Å². The minimum absolute atomic E-state index is 0.165. The Labute approximate surface area is 223 Å². The molecule has 2 aromatic carbocycles. The van der Waals surface area contributed by atoms with Crippen LogP contribution >= 0.6 is 11.6 Å². The van der Waals surface area contributed by atoms with Gasteiger partial charge in [-0.05, 0) is 43.1 Å². The van der Waals surface area contributed by atoms with E-state index in [0.717, 1.165) is 22.2 Å². The van der Waals surface area contributed by atoms with Gasteiger partial charge in [0.05, 0.1) is 23.7 Å². The Kier molecular flexibility index (Phi) is 11.2. The highest BCUT2D eigenvalue weighted by Gasteiger charge is 2.36. The van der Waals surface area contributed by atoms with E-state index in [-0.39, 0.29) is 23.8 Å². The zero-order chi connectivity index (χ0) is 27.7. The Morgan fingerprint density at radius 1 is 1.24 bits per heavy atom. The topological polar surface area (TPSA) is 77.6 Å². The molecule has 0 bridgehead atoms. The first-order valence-corrected chi connectivity index (χ1v) is 12.8. The van der Waals surface area contributed by atoms with Gasteiger partial charge in [0, 0.05) is 41.8 Å². The number of halogens is 5. The normalized spacial score (nSPS) is 16.0. The zero-order valence-electron chi connectivity index (χ0n) is 21.1. The molecule has 2 unspecified atom stereocenters. The van der Waals surface area contributed by atoms with Crippen LogP contribution in [0.15, 0.2) is 36.4 Å². The largest absolute Gasteiger partial charge is 0.491 e. The molecule has 0 amide bonds. The number of fused-ring (bicyclic) bond motifs is 3. The minimum Gasteiger partial charge on any atom is -0.491 e. The van der Waals surface area contributed by atoms with Gasteiger partial charge < -0.3 is 20.1 Å². The van der Waals surface area contributed by atoms with E-state index in [1.165, 1.54) is 12.1 Å². The van der Waals surface area contributed by atoms with Crippen LogP contribution in [0, 0.1) is 11.7 Å². The van der Waals surface area contributed by atoms with Crippen molar-refractivity contribution >= 4 is 28.5 Å². The maximum absolute atomic E-state index is 15.4. The van der Waals surface area contributed by atoms with Crippen molar-refractivity contribution in [3.63, 3.8) is 0 Å². The van der Waals surface area contributed by atoms with Crippen LogP contribution in [0.2, 0.25) is 5.02 Å². The Hall–Kier alpha value is -2.82. The number of nitrogens with zero attached hydrogens (tertiary/aromatic N) is 1. The lowest BCUT2D eigenvalue weighted by atomic mass is 9.91. The number of carboxylic acid groups (broad SMARTS) is 1. The number of alkyl halides is 3. The lowest BCUT2D eigenvalue weighted by Crippen LogP contribution is -2.40. The van der Waals surface area contributed by atoms with E-state index in [9.17, 15) is 23.1 Å². The number of nitrogens with one attached hydrogen (secondary N) is 2. The number of aromatic amines is 1. The molecule has 0 radical (unpaired) electrons. The summed E-state index contributed by atoms with van der Waals surface area (Å²) in [5.41, 5.74) is 3.11. The maximum Gasteiger partial charge on any atom is 0.307 e. The van der Waals surface area contributed by atoms with E-state index < -0.39 is 30.7 Å². The molecule has 2 atom stereocenters. The molecule has 0 saturated carbocycles. The molecule has 11 heteroatoms. The smallest absolute Gasteiger partial charge is 0.307 e. The van der Waals surface area contributed by atoms with Gasteiger partial charge in [-0.3, -0.25) is 14.1 Å². The average molecular weight is 558 g/mol. The van der Waals surface area contributed by atoms with E-state index in [1.54, 1.807) is 6.92 Å². The third kappa shape index (κ3) is 6.98. The Bertz CT molecular complexity index is 1210. The molecule has 6 nitrogen and oxygen atoms in total. The van der Waals surface area contributed by atoms with Gasteiger partial charge in [0.15, 0.2) is 0 Å². The third-order valence-corrected chi connectivity index (χ3v) is 6.84. The number of hydrogen-bond acceptors (Lipinski definition) is 4. The first-order valence-electron chi connectivity index (χ1n) is 12.4. The van der Waals surface area contributed by atoms with Crippen molar-refractivity contribution in [3.8, 4) is 5.75 Å². The number of benzene rings is 2. The molecular weight excluding hydrogens is 526 g/mol. The average Bonchev–Trinajstić information content (AvgIpc) is 3.27. The highest BCUT2D eigenvalue weighted by atomic mass is 35.5. The summed E-state index contributed by atoms with van der Waals surface area (Å²) in [5, 5.41) is 13.8. The van der Waals surface area contributed by atoms with Gasteiger partial charge >= 0.3 is 5.97 Å². The summed E-state index contributed by atoms with van der Waals surface area (Å²) in [7, 11) is 0. The van der Waals surface area contributed by atoms with Gasteiger partial charge in [-0.25, -0.2) is 13.2 Å². The highest BCUT2D eigenvalue weighted by molar-refractivity contribution is 6.33. The van der Waals surface area contributed by atoms with Crippen LogP contribution in [-0.2, 0) is 11.2 Å². The lowest BCUT2D eigenvalue weighted by Gasteiger charge is -2.37. The molecule has 3 N–H and O–H groups in total. The predicted molar refractivity (Wildman–Crippen MR) is 140 cm³/mol. The zero-order valence-corrected chi connectivity index (χ0v) is 21.8. The molecule has 0 fully saturated rings. The summed E-state index contributed by atoms with van der Waals surface area (Å²) in [4.78, 5) is 17.0. The number of carbonyl (C=O) groups is 1. The van der Waals surface area contributed by atoms with Gasteiger partial charge in [-0.15, -0.1) is 0 Å². The predicted octanol–water partition coefficient (Wildman–Crippen LogP) is 5.84. The van der Waals surface area contributed by atoms with Crippen LogP contribution in [0.25, 0.3) is 10.9 Å². The van der Waals surface area contributed by atoms with Crippen LogP contribution in [0.1, 0.15) is 36.2 Å². The molecule has 208 valence electrons. The molecule has 38 heavy (non-hydrogen) atoms. The molecule has 0 saturated heterocycles. The van der Waals surface area contributed by atoms with E-state index in [0.29, 0.717) is 44.8 Å². The summed E-state index contributed by atoms with van der Waals surface area (Å²) in [6.45, 7) is 1.66. The van der Waals surface area contributed by atoms with Gasteiger partial charge in [0.2, 0.25) is 6.93 Å². The number of para-hydroxylation sites is 1. The van der Waals surface area contributed by atoms with Crippen molar-refractivity contribution in [2.75, 3.05) is 46.4 Å². The monoisotopic (exact) mass is 557 g/mol. The van der Waals surface area contributed by atoms with Crippen LogP contribution < -0.4 is 10.1 Å². The highest BCUT2D eigenvalue weighted by Crippen LogP contribution is 2.44. The van der Waals surface area contributed by atoms with Crippen molar-refractivity contribution in [2.45, 2.75) is 25.8 Å². The first-order chi connectivity index (χ1) is 18.3. The molecule has 1 aliphatic rings. The molecule has 3 aromatic rings.